The van der Waals surface area contributed by atoms with E-state index in [9.17, 15) is 9.18 Å². The highest BCUT2D eigenvalue weighted by molar-refractivity contribution is 5.72. The van der Waals surface area contributed by atoms with Gasteiger partial charge in [-0.05, 0) is 43.6 Å². The summed E-state index contributed by atoms with van der Waals surface area (Å²) in [6.07, 6.45) is 4.24. The van der Waals surface area contributed by atoms with E-state index in [1.54, 1.807) is 0 Å². The van der Waals surface area contributed by atoms with Crippen LogP contribution >= 0.6 is 0 Å². The van der Waals surface area contributed by atoms with Gasteiger partial charge < -0.3 is 4.74 Å². The van der Waals surface area contributed by atoms with Gasteiger partial charge >= 0.3 is 5.97 Å². The number of alkyl halides is 1. The summed E-state index contributed by atoms with van der Waals surface area (Å²) in [6.45, 7) is 0.109. The zero-order chi connectivity index (χ0) is 13.5. The monoisotopic (exact) mass is 264 g/mol. The smallest absolute Gasteiger partial charge is 0.309 e. The number of rotatable bonds is 5. The SMILES string of the molecule is O=C(OCc1ccccc1)C1CCC(CCF)CC1. The molecule has 0 N–H and O–H groups in total. The third-order valence-electron chi connectivity index (χ3n) is 3.92. The van der Waals surface area contributed by atoms with Crippen molar-refractivity contribution in [2.75, 3.05) is 6.67 Å². The van der Waals surface area contributed by atoms with Gasteiger partial charge in [-0.1, -0.05) is 30.3 Å². The number of hydrogen-bond acceptors (Lipinski definition) is 2. The molecule has 0 spiro atoms. The lowest BCUT2D eigenvalue weighted by Gasteiger charge is -2.26. The number of carbonyl (C=O) groups excluding carboxylic acids is 1. The molecule has 19 heavy (non-hydrogen) atoms. The molecule has 104 valence electrons. The summed E-state index contributed by atoms with van der Waals surface area (Å²) in [7, 11) is 0. The Labute approximate surface area is 114 Å². The molecule has 1 aliphatic rings. The molecule has 0 amide bonds. The van der Waals surface area contributed by atoms with Crippen LogP contribution in [0.4, 0.5) is 4.39 Å². The summed E-state index contributed by atoms with van der Waals surface area (Å²) >= 11 is 0. The summed E-state index contributed by atoms with van der Waals surface area (Å²) in [5.41, 5.74) is 1.02. The standard InChI is InChI=1S/C16H21FO2/c17-11-10-13-6-8-15(9-7-13)16(18)19-12-14-4-2-1-3-5-14/h1-5,13,15H,6-12H2. The Morgan fingerprint density at radius 3 is 2.47 bits per heavy atom. The molecule has 1 aromatic rings. The van der Waals surface area contributed by atoms with Crippen LogP contribution in [-0.2, 0) is 16.1 Å². The fourth-order valence-electron chi connectivity index (χ4n) is 2.69. The molecule has 0 atom stereocenters. The molecule has 0 heterocycles. The second kappa shape index (κ2) is 7.27. The lowest BCUT2D eigenvalue weighted by Crippen LogP contribution is -2.23. The van der Waals surface area contributed by atoms with Crippen LogP contribution in [0.25, 0.3) is 0 Å². The number of carbonyl (C=O) groups is 1. The fourth-order valence-corrected chi connectivity index (χ4v) is 2.69. The van der Waals surface area contributed by atoms with Crippen molar-refractivity contribution in [1.82, 2.24) is 0 Å². The minimum absolute atomic E-state index is 0.0135. The number of ether oxygens (including phenoxy) is 1. The molecule has 1 saturated carbocycles. The Morgan fingerprint density at radius 1 is 1.16 bits per heavy atom. The predicted octanol–water partition coefficient (Wildman–Crippen LogP) is 3.90. The number of esters is 1. The highest BCUT2D eigenvalue weighted by Crippen LogP contribution is 2.31. The third kappa shape index (κ3) is 4.34. The first-order valence-electron chi connectivity index (χ1n) is 7.06. The molecule has 0 aliphatic heterocycles. The van der Waals surface area contributed by atoms with Crippen LogP contribution < -0.4 is 0 Å². The van der Waals surface area contributed by atoms with Gasteiger partial charge in [-0.25, -0.2) is 0 Å². The summed E-state index contributed by atoms with van der Waals surface area (Å²) < 4.78 is 17.6. The molecule has 0 radical (unpaired) electrons. The van der Waals surface area contributed by atoms with Crippen LogP contribution in [0.1, 0.15) is 37.7 Å². The molecule has 0 unspecified atom stereocenters. The Kier molecular flexibility index (Phi) is 5.37. The van der Waals surface area contributed by atoms with Gasteiger partial charge in [0, 0.05) is 0 Å². The summed E-state index contributed by atoms with van der Waals surface area (Å²) in [6, 6.07) is 9.71. The fraction of sp³-hybridized carbons (Fsp3) is 0.562. The molecule has 0 saturated heterocycles. The first kappa shape index (κ1) is 14.0. The minimum atomic E-state index is -0.242. The largest absolute Gasteiger partial charge is 0.461 e. The Hall–Kier alpha value is -1.38. The van der Waals surface area contributed by atoms with Crippen molar-refractivity contribution in [3.05, 3.63) is 35.9 Å². The van der Waals surface area contributed by atoms with E-state index in [2.05, 4.69) is 0 Å². The first-order valence-corrected chi connectivity index (χ1v) is 7.06. The maximum Gasteiger partial charge on any atom is 0.309 e. The van der Waals surface area contributed by atoms with Gasteiger partial charge in [-0.2, -0.15) is 0 Å². The Morgan fingerprint density at radius 2 is 1.84 bits per heavy atom. The summed E-state index contributed by atoms with van der Waals surface area (Å²) in [5, 5.41) is 0. The number of hydrogen-bond donors (Lipinski definition) is 0. The molecule has 3 heteroatoms. The second-order valence-corrected chi connectivity index (χ2v) is 5.29. The summed E-state index contributed by atoms with van der Waals surface area (Å²) in [5.74, 6) is 0.380. The van der Waals surface area contributed by atoms with Gasteiger partial charge in [0.1, 0.15) is 6.61 Å². The average molecular weight is 264 g/mol. The lowest BCUT2D eigenvalue weighted by molar-refractivity contribution is -0.151. The average Bonchev–Trinajstić information content (AvgIpc) is 2.47. The van der Waals surface area contributed by atoms with Crippen molar-refractivity contribution < 1.29 is 13.9 Å². The molecular formula is C16H21FO2. The van der Waals surface area contributed by atoms with E-state index in [4.69, 9.17) is 4.74 Å². The molecule has 0 bridgehead atoms. The highest BCUT2D eigenvalue weighted by Gasteiger charge is 2.27. The first-order chi connectivity index (χ1) is 9.29. The van der Waals surface area contributed by atoms with Gasteiger partial charge in [0.25, 0.3) is 0 Å². The van der Waals surface area contributed by atoms with Crippen LogP contribution in [-0.4, -0.2) is 12.6 Å². The lowest BCUT2D eigenvalue weighted by atomic mass is 9.81. The highest BCUT2D eigenvalue weighted by atomic mass is 19.1. The maximum atomic E-state index is 12.3. The van der Waals surface area contributed by atoms with Gasteiger partial charge in [0.15, 0.2) is 0 Å². The maximum absolute atomic E-state index is 12.3. The van der Waals surface area contributed by atoms with Crippen LogP contribution in [0.5, 0.6) is 0 Å². The van der Waals surface area contributed by atoms with Crippen molar-refractivity contribution in [3.63, 3.8) is 0 Å². The minimum Gasteiger partial charge on any atom is -0.461 e. The van der Waals surface area contributed by atoms with E-state index in [1.165, 1.54) is 0 Å². The van der Waals surface area contributed by atoms with Gasteiger partial charge in [-0.15, -0.1) is 0 Å². The molecule has 0 aromatic heterocycles. The second-order valence-electron chi connectivity index (χ2n) is 5.29. The van der Waals surface area contributed by atoms with Crippen molar-refractivity contribution in [2.45, 2.75) is 38.7 Å². The van der Waals surface area contributed by atoms with Gasteiger partial charge in [0.2, 0.25) is 0 Å². The van der Waals surface area contributed by atoms with Crippen molar-refractivity contribution in [2.24, 2.45) is 11.8 Å². The van der Waals surface area contributed by atoms with Crippen molar-refractivity contribution in [3.8, 4) is 0 Å². The van der Waals surface area contributed by atoms with E-state index < -0.39 is 0 Å². The number of halogens is 1. The number of benzene rings is 1. The van der Waals surface area contributed by atoms with Crippen LogP contribution in [0, 0.1) is 11.8 Å². The van der Waals surface area contributed by atoms with E-state index in [-0.39, 0.29) is 18.6 Å². The Balaban J connectivity index is 1.73. The summed E-state index contributed by atoms with van der Waals surface area (Å²) in [4.78, 5) is 11.9. The predicted molar refractivity (Wildman–Crippen MR) is 72.3 cm³/mol. The molecular weight excluding hydrogens is 243 g/mol. The molecule has 1 aliphatic carbocycles. The quantitative estimate of drug-likeness (QED) is 0.754. The Bertz CT molecular complexity index is 383. The molecule has 2 rings (SSSR count). The topological polar surface area (TPSA) is 26.3 Å². The van der Waals surface area contributed by atoms with Crippen LogP contribution in [0.2, 0.25) is 0 Å². The van der Waals surface area contributed by atoms with Crippen molar-refractivity contribution >= 4 is 5.97 Å². The zero-order valence-electron chi connectivity index (χ0n) is 11.2. The van der Waals surface area contributed by atoms with Crippen LogP contribution in [0.3, 0.4) is 0 Å². The van der Waals surface area contributed by atoms with E-state index in [0.29, 0.717) is 18.9 Å². The van der Waals surface area contributed by atoms with Crippen molar-refractivity contribution in [1.29, 1.82) is 0 Å². The molecule has 1 aromatic carbocycles. The van der Waals surface area contributed by atoms with Crippen LogP contribution in [0.15, 0.2) is 30.3 Å². The van der Waals surface area contributed by atoms with Gasteiger partial charge in [-0.3, -0.25) is 9.18 Å². The molecule has 2 nitrogen and oxygen atoms in total. The third-order valence-corrected chi connectivity index (χ3v) is 3.92. The van der Waals surface area contributed by atoms with E-state index in [0.717, 1.165) is 31.2 Å². The molecule has 1 fully saturated rings. The normalized spacial score (nSPS) is 23.0. The van der Waals surface area contributed by atoms with Gasteiger partial charge in [0.05, 0.1) is 12.6 Å². The zero-order valence-corrected chi connectivity index (χ0v) is 11.2. The van der Waals surface area contributed by atoms with E-state index in [1.807, 2.05) is 30.3 Å². The van der Waals surface area contributed by atoms with E-state index >= 15 is 0 Å².